The summed E-state index contributed by atoms with van der Waals surface area (Å²) >= 11 is 0. The van der Waals surface area contributed by atoms with Crippen molar-refractivity contribution in [1.29, 1.82) is 0 Å². The van der Waals surface area contributed by atoms with Crippen LogP contribution in [0, 0.1) is 0 Å². The standard InChI is InChI=1S/C12H15F3N2O2S.ClH/c13-12(14,15)9-3-1-5-11(7-9)20(18,19)17-6-2-4-10(17)8-16;/h1,3,5,7,10H,2,4,6,8,16H2;1H. The highest BCUT2D eigenvalue weighted by Crippen LogP contribution is 2.32. The fraction of sp³-hybridized carbons (Fsp3) is 0.500. The molecule has 0 aliphatic carbocycles. The van der Waals surface area contributed by atoms with Gasteiger partial charge < -0.3 is 5.73 Å². The third-order valence-electron chi connectivity index (χ3n) is 3.36. The van der Waals surface area contributed by atoms with E-state index < -0.39 is 21.8 Å². The van der Waals surface area contributed by atoms with Crippen molar-refractivity contribution in [3.05, 3.63) is 29.8 Å². The highest BCUT2D eigenvalue weighted by Gasteiger charge is 2.36. The molecule has 1 aliphatic heterocycles. The molecule has 1 aromatic rings. The summed E-state index contributed by atoms with van der Waals surface area (Å²) in [5, 5.41) is 0. The van der Waals surface area contributed by atoms with Crippen molar-refractivity contribution < 1.29 is 21.6 Å². The zero-order valence-corrected chi connectivity index (χ0v) is 12.6. The fourth-order valence-electron chi connectivity index (χ4n) is 2.33. The van der Waals surface area contributed by atoms with Crippen LogP contribution in [0.4, 0.5) is 13.2 Å². The number of alkyl halides is 3. The summed E-state index contributed by atoms with van der Waals surface area (Å²) in [6.45, 7) is 0.457. The maximum absolute atomic E-state index is 12.6. The number of nitrogens with zero attached hydrogens (tertiary/aromatic N) is 1. The van der Waals surface area contributed by atoms with Gasteiger partial charge >= 0.3 is 6.18 Å². The molecule has 0 radical (unpaired) electrons. The minimum atomic E-state index is -4.57. The molecule has 21 heavy (non-hydrogen) atoms. The molecule has 2 rings (SSSR count). The van der Waals surface area contributed by atoms with E-state index in [1.54, 1.807) is 0 Å². The van der Waals surface area contributed by atoms with E-state index in [0.717, 1.165) is 12.1 Å². The van der Waals surface area contributed by atoms with Crippen molar-refractivity contribution >= 4 is 22.4 Å². The van der Waals surface area contributed by atoms with Gasteiger partial charge in [0, 0.05) is 19.1 Å². The lowest BCUT2D eigenvalue weighted by Gasteiger charge is -2.23. The van der Waals surface area contributed by atoms with E-state index in [9.17, 15) is 21.6 Å². The van der Waals surface area contributed by atoms with Gasteiger partial charge in [-0.2, -0.15) is 17.5 Å². The molecule has 2 N–H and O–H groups in total. The maximum Gasteiger partial charge on any atom is 0.416 e. The number of rotatable bonds is 3. The molecule has 120 valence electrons. The molecule has 1 aromatic carbocycles. The monoisotopic (exact) mass is 344 g/mol. The topological polar surface area (TPSA) is 63.4 Å². The minimum Gasteiger partial charge on any atom is -0.329 e. The summed E-state index contributed by atoms with van der Waals surface area (Å²) in [5.41, 5.74) is 4.54. The molecule has 1 aliphatic rings. The van der Waals surface area contributed by atoms with Crippen LogP contribution < -0.4 is 5.73 Å². The first-order chi connectivity index (χ1) is 9.26. The predicted molar refractivity (Wildman–Crippen MR) is 74.7 cm³/mol. The molecule has 1 saturated heterocycles. The van der Waals surface area contributed by atoms with Crippen molar-refractivity contribution in [1.82, 2.24) is 4.31 Å². The average molecular weight is 345 g/mol. The van der Waals surface area contributed by atoms with Gasteiger partial charge in [-0.05, 0) is 31.0 Å². The van der Waals surface area contributed by atoms with E-state index in [1.165, 1.54) is 10.4 Å². The van der Waals surface area contributed by atoms with Crippen LogP contribution in [0.25, 0.3) is 0 Å². The lowest BCUT2D eigenvalue weighted by Crippen LogP contribution is -2.39. The van der Waals surface area contributed by atoms with Crippen LogP contribution in [0.15, 0.2) is 29.2 Å². The summed E-state index contributed by atoms with van der Waals surface area (Å²) in [6, 6.07) is 3.46. The van der Waals surface area contributed by atoms with Crippen LogP contribution in [-0.2, 0) is 16.2 Å². The van der Waals surface area contributed by atoms with E-state index in [1.807, 2.05) is 0 Å². The van der Waals surface area contributed by atoms with Gasteiger partial charge in [0.15, 0.2) is 0 Å². The molecule has 0 aromatic heterocycles. The lowest BCUT2D eigenvalue weighted by molar-refractivity contribution is -0.137. The molecule has 1 atom stereocenters. The second kappa shape index (κ2) is 6.51. The number of halogens is 4. The largest absolute Gasteiger partial charge is 0.416 e. The van der Waals surface area contributed by atoms with Gasteiger partial charge in [-0.15, -0.1) is 12.4 Å². The van der Waals surface area contributed by atoms with Crippen LogP contribution in [-0.4, -0.2) is 31.9 Å². The average Bonchev–Trinajstić information content (AvgIpc) is 2.87. The van der Waals surface area contributed by atoms with Crippen molar-refractivity contribution in [2.24, 2.45) is 5.73 Å². The minimum absolute atomic E-state index is 0. The van der Waals surface area contributed by atoms with Crippen LogP contribution in [0.5, 0.6) is 0 Å². The SMILES string of the molecule is Cl.NCC1CCCN1S(=O)(=O)c1cccc(C(F)(F)F)c1. The highest BCUT2D eigenvalue weighted by atomic mass is 35.5. The Labute approximate surface area is 127 Å². The Bertz CT molecular complexity index is 592. The summed E-state index contributed by atoms with van der Waals surface area (Å²) in [4.78, 5) is -0.340. The molecule has 9 heteroatoms. The fourth-order valence-corrected chi connectivity index (χ4v) is 4.08. The zero-order chi connectivity index (χ0) is 15.0. The van der Waals surface area contributed by atoms with Crippen molar-refractivity contribution in [2.45, 2.75) is 30.0 Å². The molecule has 1 unspecified atom stereocenters. The van der Waals surface area contributed by atoms with Crippen molar-refractivity contribution in [3.63, 3.8) is 0 Å². The smallest absolute Gasteiger partial charge is 0.329 e. The highest BCUT2D eigenvalue weighted by molar-refractivity contribution is 7.89. The van der Waals surface area contributed by atoms with Crippen LogP contribution >= 0.6 is 12.4 Å². The number of hydrogen-bond donors (Lipinski definition) is 1. The van der Waals surface area contributed by atoms with Crippen molar-refractivity contribution in [2.75, 3.05) is 13.1 Å². The van der Waals surface area contributed by atoms with Crippen LogP contribution in [0.3, 0.4) is 0 Å². The molecule has 0 amide bonds. The lowest BCUT2D eigenvalue weighted by atomic mass is 10.2. The predicted octanol–water partition coefficient (Wildman–Crippen LogP) is 2.24. The molecule has 0 saturated carbocycles. The first-order valence-corrected chi connectivity index (χ1v) is 7.60. The molecule has 1 heterocycles. The van der Waals surface area contributed by atoms with E-state index in [-0.39, 0.29) is 29.9 Å². The number of benzene rings is 1. The Morgan fingerprint density at radius 2 is 2.00 bits per heavy atom. The number of nitrogens with two attached hydrogens (primary N) is 1. The molecule has 0 spiro atoms. The number of hydrogen-bond acceptors (Lipinski definition) is 3. The molecule has 1 fully saturated rings. The Balaban J connectivity index is 0.00000220. The second-order valence-electron chi connectivity index (χ2n) is 4.67. The van der Waals surface area contributed by atoms with Crippen molar-refractivity contribution in [3.8, 4) is 0 Å². The van der Waals surface area contributed by atoms with E-state index in [4.69, 9.17) is 5.73 Å². The Morgan fingerprint density at radius 1 is 1.33 bits per heavy atom. The third-order valence-corrected chi connectivity index (χ3v) is 5.31. The van der Waals surface area contributed by atoms with E-state index in [0.29, 0.717) is 25.5 Å². The summed E-state index contributed by atoms with van der Waals surface area (Å²) < 4.78 is 63.9. The van der Waals surface area contributed by atoms with Gasteiger partial charge in [0.25, 0.3) is 0 Å². The van der Waals surface area contributed by atoms with Gasteiger partial charge in [0.05, 0.1) is 10.5 Å². The molecule has 0 bridgehead atoms. The Kier molecular flexibility index (Phi) is 5.65. The molecule has 4 nitrogen and oxygen atoms in total. The van der Waals surface area contributed by atoms with E-state index >= 15 is 0 Å². The van der Waals surface area contributed by atoms with Gasteiger partial charge in [-0.3, -0.25) is 0 Å². The van der Waals surface area contributed by atoms with Crippen LogP contribution in [0.1, 0.15) is 18.4 Å². The Hall–Kier alpha value is -0.830. The van der Waals surface area contributed by atoms with Crippen LogP contribution in [0.2, 0.25) is 0 Å². The Morgan fingerprint density at radius 3 is 2.57 bits per heavy atom. The molecular weight excluding hydrogens is 329 g/mol. The van der Waals surface area contributed by atoms with Gasteiger partial charge in [-0.25, -0.2) is 8.42 Å². The second-order valence-corrected chi connectivity index (χ2v) is 6.56. The molecular formula is C12H16ClF3N2O2S. The third kappa shape index (κ3) is 3.68. The van der Waals surface area contributed by atoms with Gasteiger partial charge in [0.2, 0.25) is 10.0 Å². The number of sulfonamides is 1. The zero-order valence-electron chi connectivity index (χ0n) is 11.0. The van der Waals surface area contributed by atoms with Gasteiger partial charge in [-0.1, -0.05) is 6.07 Å². The quantitative estimate of drug-likeness (QED) is 0.914. The normalized spacial score (nSPS) is 20.3. The summed E-state index contributed by atoms with van der Waals surface area (Å²) in [7, 11) is -3.93. The maximum atomic E-state index is 12.6. The van der Waals surface area contributed by atoms with Gasteiger partial charge in [0.1, 0.15) is 0 Å². The first-order valence-electron chi connectivity index (χ1n) is 6.16. The first kappa shape index (κ1) is 18.2. The van der Waals surface area contributed by atoms with E-state index in [2.05, 4.69) is 0 Å². The summed E-state index contributed by atoms with van der Waals surface area (Å²) in [5.74, 6) is 0. The summed E-state index contributed by atoms with van der Waals surface area (Å²) in [6.07, 6.45) is -3.27.